The number of imidazole rings is 1. The van der Waals surface area contributed by atoms with Gasteiger partial charge in [0, 0.05) is 24.2 Å². The van der Waals surface area contributed by atoms with Crippen LogP contribution >= 0.6 is 0 Å². The number of hydrogen-bond acceptors (Lipinski definition) is 5. The molecule has 2 heterocycles. The summed E-state index contributed by atoms with van der Waals surface area (Å²) in [6, 6.07) is 3.37. The Morgan fingerprint density at radius 3 is 2.69 bits per heavy atom. The highest BCUT2D eigenvalue weighted by molar-refractivity contribution is 5.83. The zero-order chi connectivity index (χ0) is 21.1. The zero-order valence-corrected chi connectivity index (χ0v) is 16.9. The number of nitrogens with zero attached hydrogens (tertiary/aromatic N) is 2. The number of H-pyrrole nitrogens is 1. The second kappa shape index (κ2) is 8.42. The van der Waals surface area contributed by atoms with E-state index in [2.05, 4.69) is 15.3 Å². The van der Waals surface area contributed by atoms with E-state index < -0.39 is 24.1 Å². The first-order chi connectivity index (χ1) is 13.9. The lowest BCUT2D eigenvalue weighted by Gasteiger charge is -2.36. The lowest BCUT2D eigenvalue weighted by molar-refractivity contribution is -0.140. The third-order valence-electron chi connectivity index (χ3n) is 5.13. The van der Waals surface area contributed by atoms with Gasteiger partial charge in [-0.1, -0.05) is 13.8 Å². The Morgan fingerprint density at radius 1 is 1.31 bits per heavy atom. The fourth-order valence-electron chi connectivity index (χ4n) is 3.59. The standard InChI is InChI=1S/C20H26N4O5/c1-11(2)16(19(25)26)23-20(27)24-8-7-14-17(22-10-21-14)18(24)13-9-12(28-3)5-6-15(13)29-4/h5-6,9-11,16,18H,7-8H2,1-4H3,(H,21,22)(H,23,27)(H,25,26)/t16-,18?/m0/s1. The summed E-state index contributed by atoms with van der Waals surface area (Å²) in [6.45, 7) is 3.91. The highest BCUT2D eigenvalue weighted by Gasteiger charge is 2.37. The molecule has 3 rings (SSSR count). The van der Waals surface area contributed by atoms with Crippen molar-refractivity contribution in [3.63, 3.8) is 0 Å². The van der Waals surface area contributed by atoms with Crippen molar-refractivity contribution in [2.45, 2.75) is 32.4 Å². The summed E-state index contributed by atoms with van der Waals surface area (Å²) in [7, 11) is 3.13. The SMILES string of the molecule is COc1ccc(OC)c(C2c3nc[nH]c3CCN2C(=O)N[C@H](C(=O)O)C(C)C)c1. The molecule has 0 fully saturated rings. The van der Waals surface area contributed by atoms with Gasteiger partial charge in [-0.25, -0.2) is 14.6 Å². The van der Waals surface area contributed by atoms with E-state index in [0.717, 1.165) is 5.69 Å². The van der Waals surface area contributed by atoms with Gasteiger partial charge in [0.1, 0.15) is 23.6 Å². The number of aromatic amines is 1. The summed E-state index contributed by atoms with van der Waals surface area (Å²) in [5.41, 5.74) is 2.35. The molecule has 0 saturated carbocycles. The van der Waals surface area contributed by atoms with Crippen LogP contribution in [0.5, 0.6) is 11.5 Å². The van der Waals surface area contributed by atoms with Crippen molar-refractivity contribution < 1.29 is 24.2 Å². The molecular weight excluding hydrogens is 376 g/mol. The van der Waals surface area contributed by atoms with Crippen LogP contribution in [0.3, 0.4) is 0 Å². The molecule has 1 aliphatic heterocycles. The first-order valence-corrected chi connectivity index (χ1v) is 9.41. The van der Waals surface area contributed by atoms with E-state index in [0.29, 0.717) is 35.7 Å². The second-order valence-corrected chi connectivity index (χ2v) is 7.23. The minimum atomic E-state index is -1.07. The van der Waals surface area contributed by atoms with Crippen LogP contribution in [0.15, 0.2) is 24.5 Å². The maximum atomic E-state index is 13.1. The molecule has 1 aromatic carbocycles. The molecule has 0 aliphatic carbocycles. The molecule has 0 bridgehead atoms. The number of carbonyl (C=O) groups excluding carboxylic acids is 1. The number of ether oxygens (including phenoxy) is 2. The van der Waals surface area contributed by atoms with E-state index in [9.17, 15) is 14.7 Å². The number of urea groups is 1. The number of fused-ring (bicyclic) bond motifs is 1. The van der Waals surface area contributed by atoms with Crippen molar-refractivity contribution >= 4 is 12.0 Å². The van der Waals surface area contributed by atoms with Crippen LogP contribution in [0, 0.1) is 5.92 Å². The molecule has 1 unspecified atom stereocenters. The van der Waals surface area contributed by atoms with Crippen LogP contribution in [-0.4, -0.2) is 58.8 Å². The number of carboxylic acid groups (broad SMARTS) is 1. The van der Waals surface area contributed by atoms with Gasteiger partial charge in [0.25, 0.3) is 0 Å². The number of benzene rings is 1. The van der Waals surface area contributed by atoms with E-state index in [4.69, 9.17) is 9.47 Å². The second-order valence-electron chi connectivity index (χ2n) is 7.23. The topological polar surface area (TPSA) is 117 Å². The lowest BCUT2D eigenvalue weighted by atomic mass is 9.94. The van der Waals surface area contributed by atoms with Crippen molar-refractivity contribution in [2.75, 3.05) is 20.8 Å². The van der Waals surface area contributed by atoms with Gasteiger partial charge in [-0.3, -0.25) is 0 Å². The molecule has 9 heteroatoms. The van der Waals surface area contributed by atoms with Crippen LogP contribution in [0.2, 0.25) is 0 Å². The first-order valence-electron chi connectivity index (χ1n) is 9.41. The normalized spacial score (nSPS) is 16.9. The Kier molecular flexibility index (Phi) is 5.95. The fourth-order valence-corrected chi connectivity index (χ4v) is 3.59. The van der Waals surface area contributed by atoms with E-state index in [1.807, 2.05) is 6.07 Å². The van der Waals surface area contributed by atoms with Crippen molar-refractivity contribution in [1.82, 2.24) is 20.2 Å². The molecule has 0 radical (unpaired) electrons. The summed E-state index contributed by atoms with van der Waals surface area (Å²) < 4.78 is 10.9. The number of nitrogens with one attached hydrogen (secondary N) is 2. The van der Waals surface area contributed by atoms with Crippen LogP contribution in [0.4, 0.5) is 4.79 Å². The number of aliphatic carboxylic acids is 1. The van der Waals surface area contributed by atoms with Gasteiger partial charge >= 0.3 is 12.0 Å². The van der Waals surface area contributed by atoms with E-state index in [1.54, 1.807) is 51.4 Å². The molecule has 0 saturated heterocycles. The maximum Gasteiger partial charge on any atom is 0.326 e. The molecule has 2 aromatic rings. The summed E-state index contributed by atoms with van der Waals surface area (Å²) in [5.74, 6) is -0.120. The quantitative estimate of drug-likeness (QED) is 0.682. The van der Waals surface area contributed by atoms with E-state index in [-0.39, 0.29) is 5.92 Å². The van der Waals surface area contributed by atoms with Crippen LogP contribution < -0.4 is 14.8 Å². The first kappa shape index (κ1) is 20.5. The molecule has 29 heavy (non-hydrogen) atoms. The van der Waals surface area contributed by atoms with E-state index >= 15 is 0 Å². The van der Waals surface area contributed by atoms with Crippen molar-refractivity contribution in [1.29, 1.82) is 0 Å². The molecule has 1 aromatic heterocycles. The fraction of sp³-hybridized carbons (Fsp3) is 0.450. The van der Waals surface area contributed by atoms with Crippen LogP contribution in [0.25, 0.3) is 0 Å². The predicted molar refractivity (Wildman–Crippen MR) is 105 cm³/mol. The third kappa shape index (κ3) is 3.98. The Labute approximate surface area is 169 Å². The third-order valence-corrected chi connectivity index (χ3v) is 5.13. The zero-order valence-electron chi connectivity index (χ0n) is 16.9. The molecule has 0 spiro atoms. The smallest absolute Gasteiger partial charge is 0.326 e. The van der Waals surface area contributed by atoms with Gasteiger partial charge in [0.2, 0.25) is 0 Å². The molecule has 9 nitrogen and oxygen atoms in total. The number of hydrogen-bond donors (Lipinski definition) is 3. The van der Waals surface area contributed by atoms with Gasteiger partial charge < -0.3 is 29.8 Å². The number of carboxylic acids is 1. The Balaban J connectivity index is 2.04. The molecule has 3 N–H and O–H groups in total. The molecular formula is C20H26N4O5. The maximum absolute atomic E-state index is 13.1. The largest absolute Gasteiger partial charge is 0.497 e. The molecule has 2 atom stereocenters. The minimum absolute atomic E-state index is 0.257. The van der Waals surface area contributed by atoms with Crippen molar-refractivity contribution in [2.24, 2.45) is 5.92 Å². The minimum Gasteiger partial charge on any atom is -0.497 e. The summed E-state index contributed by atoms with van der Waals surface area (Å²) in [5, 5.41) is 12.1. The summed E-state index contributed by atoms with van der Waals surface area (Å²) in [6.07, 6.45) is 2.19. The number of amides is 2. The van der Waals surface area contributed by atoms with Gasteiger partial charge in [-0.15, -0.1) is 0 Å². The predicted octanol–water partition coefficient (Wildman–Crippen LogP) is 2.19. The monoisotopic (exact) mass is 402 g/mol. The number of methoxy groups -OCH3 is 2. The van der Waals surface area contributed by atoms with Gasteiger partial charge in [0.15, 0.2) is 0 Å². The lowest BCUT2D eigenvalue weighted by Crippen LogP contribution is -2.52. The Bertz CT molecular complexity index is 895. The number of carbonyl (C=O) groups is 2. The van der Waals surface area contributed by atoms with Gasteiger partial charge in [-0.2, -0.15) is 0 Å². The highest BCUT2D eigenvalue weighted by atomic mass is 16.5. The molecule has 1 aliphatic rings. The molecule has 156 valence electrons. The van der Waals surface area contributed by atoms with Crippen molar-refractivity contribution in [3.8, 4) is 11.5 Å². The van der Waals surface area contributed by atoms with Crippen LogP contribution in [0.1, 0.15) is 36.8 Å². The number of aromatic nitrogens is 2. The van der Waals surface area contributed by atoms with E-state index in [1.165, 1.54) is 0 Å². The average molecular weight is 402 g/mol. The average Bonchev–Trinajstić information content (AvgIpc) is 3.18. The molecule has 2 amide bonds. The van der Waals surface area contributed by atoms with Gasteiger partial charge in [0.05, 0.1) is 26.2 Å². The Hall–Kier alpha value is -3.23. The number of rotatable bonds is 6. The van der Waals surface area contributed by atoms with Gasteiger partial charge in [-0.05, 0) is 24.1 Å². The summed E-state index contributed by atoms with van der Waals surface area (Å²) >= 11 is 0. The van der Waals surface area contributed by atoms with Crippen LogP contribution in [-0.2, 0) is 11.2 Å². The highest BCUT2D eigenvalue weighted by Crippen LogP contribution is 2.39. The summed E-state index contributed by atoms with van der Waals surface area (Å²) in [4.78, 5) is 33.9. The van der Waals surface area contributed by atoms with Crippen molar-refractivity contribution in [3.05, 3.63) is 41.5 Å². The Morgan fingerprint density at radius 2 is 2.07 bits per heavy atom.